The van der Waals surface area contributed by atoms with Crippen LogP contribution in [0.3, 0.4) is 0 Å². The zero-order chi connectivity index (χ0) is 16.9. The van der Waals surface area contributed by atoms with Crippen LogP contribution < -0.4 is 5.32 Å². The quantitative estimate of drug-likeness (QED) is 0.716. The molecule has 9 heteroatoms. The Kier molecular flexibility index (Phi) is 6.14. The van der Waals surface area contributed by atoms with Crippen LogP contribution in [-0.2, 0) is 9.53 Å². The van der Waals surface area contributed by atoms with E-state index in [0.29, 0.717) is 10.8 Å². The van der Waals surface area contributed by atoms with Crippen molar-refractivity contribution in [1.29, 1.82) is 0 Å². The van der Waals surface area contributed by atoms with Gasteiger partial charge < -0.3 is 10.1 Å². The van der Waals surface area contributed by atoms with Gasteiger partial charge in [-0.15, -0.1) is 11.3 Å². The van der Waals surface area contributed by atoms with Crippen LogP contribution in [-0.4, -0.2) is 30.3 Å². The van der Waals surface area contributed by atoms with Gasteiger partial charge in [-0.1, -0.05) is 28.1 Å². The van der Waals surface area contributed by atoms with Gasteiger partial charge in [0, 0.05) is 15.4 Å². The third kappa shape index (κ3) is 6.28. The number of anilines is 1. The van der Waals surface area contributed by atoms with Crippen LogP contribution in [0.25, 0.3) is 11.3 Å². The molecule has 0 saturated carbocycles. The Morgan fingerprint density at radius 3 is 2.87 bits per heavy atom. The molecule has 2 rings (SSSR count). The maximum atomic E-state index is 11.9. The van der Waals surface area contributed by atoms with E-state index in [2.05, 4.69) is 31.0 Å². The molecule has 0 aliphatic heterocycles. The smallest absolute Gasteiger partial charge is 0.372 e. The summed E-state index contributed by atoms with van der Waals surface area (Å²) < 4.78 is 40.9. The molecule has 0 atom stereocenters. The zero-order valence-electron chi connectivity index (χ0n) is 11.7. The number of thiazole rings is 1. The summed E-state index contributed by atoms with van der Waals surface area (Å²) in [5.41, 5.74) is 1.60. The lowest BCUT2D eigenvalue weighted by atomic mass is 10.2. The molecule has 1 amide bonds. The van der Waals surface area contributed by atoms with Crippen molar-refractivity contribution in [2.45, 2.75) is 12.6 Å². The summed E-state index contributed by atoms with van der Waals surface area (Å²) in [6.07, 6.45) is -4.55. The fraction of sp³-hybridized carbons (Fsp3) is 0.286. The number of hydrogen-bond acceptors (Lipinski definition) is 4. The number of ether oxygens (including phenoxy) is 1. The molecule has 1 heterocycles. The predicted molar refractivity (Wildman–Crippen MR) is 85.4 cm³/mol. The normalized spacial score (nSPS) is 11.5. The number of carbonyl (C=O) groups excluding carboxylic acids is 1. The van der Waals surface area contributed by atoms with Crippen LogP contribution in [0.5, 0.6) is 0 Å². The molecular weight excluding hydrogens is 397 g/mol. The monoisotopic (exact) mass is 408 g/mol. The number of carbonyl (C=O) groups is 1. The number of rotatable bonds is 6. The van der Waals surface area contributed by atoms with Crippen LogP contribution in [0.1, 0.15) is 6.42 Å². The maximum Gasteiger partial charge on any atom is 0.411 e. The van der Waals surface area contributed by atoms with Gasteiger partial charge >= 0.3 is 6.18 Å². The molecule has 1 aromatic carbocycles. The summed E-state index contributed by atoms with van der Waals surface area (Å²) in [4.78, 5) is 15.9. The molecule has 1 N–H and O–H groups in total. The lowest BCUT2D eigenvalue weighted by Gasteiger charge is -2.07. The molecule has 0 saturated heterocycles. The van der Waals surface area contributed by atoms with E-state index in [-0.39, 0.29) is 13.0 Å². The van der Waals surface area contributed by atoms with Gasteiger partial charge in [0.25, 0.3) is 0 Å². The van der Waals surface area contributed by atoms with Crippen molar-refractivity contribution < 1.29 is 22.7 Å². The van der Waals surface area contributed by atoms with Crippen molar-refractivity contribution in [3.8, 4) is 11.3 Å². The first-order valence-corrected chi connectivity index (χ1v) is 8.16. The largest absolute Gasteiger partial charge is 0.411 e. The molecule has 0 spiro atoms. The average Bonchev–Trinajstić information content (AvgIpc) is 2.91. The van der Waals surface area contributed by atoms with E-state index in [1.54, 1.807) is 5.38 Å². The molecule has 0 fully saturated rings. The molecule has 0 aliphatic carbocycles. The van der Waals surface area contributed by atoms with Gasteiger partial charge in [-0.2, -0.15) is 13.2 Å². The number of hydrogen-bond donors (Lipinski definition) is 1. The van der Waals surface area contributed by atoms with Crippen molar-refractivity contribution in [2.24, 2.45) is 0 Å². The molecule has 2 aromatic rings. The van der Waals surface area contributed by atoms with E-state index in [1.807, 2.05) is 24.3 Å². The molecule has 0 unspecified atom stereocenters. The Labute approximate surface area is 142 Å². The van der Waals surface area contributed by atoms with Gasteiger partial charge in [-0.3, -0.25) is 4.79 Å². The predicted octanol–water partition coefficient (Wildman–Crippen LogP) is 4.48. The SMILES string of the molecule is O=C(CCOCC(F)(F)F)Nc1nc(-c2cccc(Br)c2)cs1. The number of benzene rings is 1. The number of alkyl halides is 3. The van der Waals surface area contributed by atoms with E-state index in [0.717, 1.165) is 10.0 Å². The second-order valence-electron chi connectivity index (χ2n) is 4.51. The van der Waals surface area contributed by atoms with Crippen molar-refractivity contribution in [3.63, 3.8) is 0 Å². The Balaban J connectivity index is 1.83. The lowest BCUT2D eigenvalue weighted by Crippen LogP contribution is -2.20. The third-order valence-corrected chi connectivity index (χ3v) is 3.86. The number of nitrogens with zero attached hydrogens (tertiary/aromatic N) is 1. The van der Waals surface area contributed by atoms with Crippen LogP contribution in [0.15, 0.2) is 34.1 Å². The molecule has 23 heavy (non-hydrogen) atoms. The number of nitrogens with one attached hydrogen (secondary N) is 1. The van der Waals surface area contributed by atoms with E-state index in [4.69, 9.17) is 0 Å². The van der Waals surface area contributed by atoms with E-state index < -0.39 is 18.7 Å². The van der Waals surface area contributed by atoms with E-state index in [1.165, 1.54) is 11.3 Å². The molecule has 124 valence electrons. The van der Waals surface area contributed by atoms with Crippen molar-refractivity contribution >= 4 is 38.3 Å². The van der Waals surface area contributed by atoms with Crippen LogP contribution in [0, 0.1) is 0 Å². The fourth-order valence-corrected chi connectivity index (χ4v) is 2.78. The van der Waals surface area contributed by atoms with Crippen molar-refractivity contribution in [2.75, 3.05) is 18.5 Å². The highest BCUT2D eigenvalue weighted by atomic mass is 79.9. The van der Waals surface area contributed by atoms with Gasteiger partial charge in [-0.25, -0.2) is 4.98 Å². The summed E-state index contributed by atoms with van der Waals surface area (Å²) in [6.45, 7) is -1.65. The van der Waals surface area contributed by atoms with Crippen LogP contribution >= 0.6 is 27.3 Å². The summed E-state index contributed by atoms with van der Waals surface area (Å²) >= 11 is 4.61. The topological polar surface area (TPSA) is 51.2 Å². The molecule has 0 aliphatic rings. The Bertz CT molecular complexity index is 676. The first-order valence-electron chi connectivity index (χ1n) is 6.49. The highest BCUT2D eigenvalue weighted by Crippen LogP contribution is 2.26. The Hall–Kier alpha value is -1.45. The first kappa shape index (κ1) is 17.9. The molecule has 0 bridgehead atoms. The standard InChI is InChI=1S/C14H12BrF3N2O2S/c15-10-3-1-2-9(6-10)11-7-23-13(19-11)20-12(21)4-5-22-8-14(16,17)18/h1-3,6-7H,4-5,8H2,(H,19,20,21). The summed E-state index contributed by atoms with van der Waals surface area (Å²) in [7, 11) is 0. The summed E-state index contributed by atoms with van der Waals surface area (Å²) in [5.74, 6) is -0.442. The van der Waals surface area contributed by atoms with Gasteiger partial charge in [0.15, 0.2) is 5.13 Å². The fourth-order valence-electron chi connectivity index (χ4n) is 1.65. The molecule has 4 nitrogen and oxygen atoms in total. The minimum absolute atomic E-state index is 0.165. The second kappa shape index (κ2) is 7.89. The van der Waals surface area contributed by atoms with E-state index >= 15 is 0 Å². The van der Waals surface area contributed by atoms with Gasteiger partial charge in [0.05, 0.1) is 18.7 Å². The number of aromatic nitrogens is 1. The van der Waals surface area contributed by atoms with E-state index in [9.17, 15) is 18.0 Å². The van der Waals surface area contributed by atoms with Crippen molar-refractivity contribution in [3.05, 3.63) is 34.1 Å². The van der Waals surface area contributed by atoms with Gasteiger partial charge in [-0.05, 0) is 12.1 Å². The average molecular weight is 409 g/mol. The molecule has 1 aromatic heterocycles. The molecular formula is C14H12BrF3N2O2S. The third-order valence-electron chi connectivity index (χ3n) is 2.61. The highest BCUT2D eigenvalue weighted by Gasteiger charge is 2.27. The Morgan fingerprint density at radius 2 is 2.17 bits per heavy atom. The van der Waals surface area contributed by atoms with Gasteiger partial charge in [0.1, 0.15) is 6.61 Å². The lowest BCUT2D eigenvalue weighted by molar-refractivity contribution is -0.174. The summed E-state index contributed by atoms with van der Waals surface area (Å²) in [5, 5.41) is 4.72. The van der Waals surface area contributed by atoms with Gasteiger partial charge in [0.2, 0.25) is 5.91 Å². The van der Waals surface area contributed by atoms with Crippen molar-refractivity contribution in [1.82, 2.24) is 4.98 Å². The number of amides is 1. The second-order valence-corrected chi connectivity index (χ2v) is 6.29. The number of halogens is 4. The first-order chi connectivity index (χ1) is 10.8. The maximum absolute atomic E-state index is 11.9. The zero-order valence-corrected chi connectivity index (χ0v) is 14.1. The summed E-state index contributed by atoms with van der Waals surface area (Å²) in [6, 6.07) is 7.54. The Morgan fingerprint density at radius 1 is 1.39 bits per heavy atom. The minimum atomic E-state index is -4.38. The van der Waals surface area contributed by atoms with Crippen LogP contribution in [0.4, 0.5) is 18.3 Å². The van der Waals surface area contributed by atoms with Crippen LogP contribution in [0.2, 0.25) is 0 Å². The molecule has 0 radical (unpaired) electrons. The highest BCUT2D eigenvalue weighted by molar-refractivity contribution is 9.10. The minimum Gasteiger partial charge on any atom is -0.372 e.